The van der Waals surface area contributed by atoms with E-state index in [9.17, 15) is 8.42 Å². The third-order valence-corrected chi connectivity index (χ3v) is 6.33. The minimum atomic E-state index is -3.03. The predicted octanol–water partition coefficient (Wildman–Crippen LogP) is 2.31. The van der Waals surface area contributed by atoms with Crippen molar-refractivity contribution in [2.45, 2.75) is 33.1 Å². The highest BCUT2D eigenvalue weighted by Gasteiger charge is 2.27. The fraction of sp³-hybridized carbons (Fsp3) is 0.611. The molecule has 1 atom stereocenters. The van der Waals surface area contributed by atoms with E-state index in [0.717, 1.165) is 18.9 Å². The van der Waals surface area contributed by atoms with Crippen LogP contribution in [0.2, 0.25) is 0 Å². The Morgan fingerprint density at radius 1 is 1.27 bits per heavy atom. The first-order valence-electron chi connectivity index (χ1n) is 8.99. The van der Waals surface area contributed by atoms with Crippen molar-refractivity contribution in [1.29, 1.82) is 0 Å². The first-order valence-corrected chi connectivity index (χ1v) is 10.6. The molecule has 26 heavy (non-hydrogen) atoms. The van der Waals surface area contributed by atoms with E-state index < -0.39 is 10.0 Å². The standard InChI is InChI=1S/C18H30N4O2S.HI/c1-4-19-18(20-10-12-22-11-5-13-25(22,23)24)21-14-16(3)17-8-6-15(2)7-9-17;/h6-9,16H,4-5,10-14H2,1-3H3,(H2,19,20,21);1H. The largest absolute Gasteiger partial charge is 0.357 e. The maximum absolute atomic E-state index is 11.8. The van der Waals surface area contributed by atoms with Crippen molar-refractivity contribution < 1.29 is 8.42 Å². The average molecular weight is 494 g/mol. The highest BCUT2D eigenvalue weighted by Crippen LogP contribution is 2.16. The van der Waals surface area contributed by atoms with E-state index in [-0.39, 0.29) is 29.7 Å². The van der Waals surface area contributed by atoms with Crippen LogP contribution < -0.4 is 10.6 Å². The lowest BCUT2D eigenvalue weighted by atomic mass is 10.0. The number of hydrogen-bond acceptors (Lipinski definition) is 3. The average Bonchev–Trinajstić information content (AvgIpc) is 2.91. The van der Waals surface area contributed by atoms with Gasteiger partial charge < -0.3 is 10.6 Å². The normalized spacial score (nSPS) is 18.2. The van der Waals surface area contributed by atoms with Gasteiger partial charge in [0, 0.05) is 38.6 Å². The smallest absolute Gasteiger partial charge is 0.214 e. The van der Waals surface area contributed by atoms with E-state index in [1.165, 1.54) is 11.1 Å². The van der Waals surface area contributed by atoms with E-state index in [0.29, 0.717) is 32.1 Å². The van der Waals surface area contributed by atoms with Gasteiger partial charge in [0.2, 0.25) is 10.0 Å². The number of aliphatic imine (C=N–C) groups is 1. The Bertz CT molecular complexity index is 677. The monoisotopic (exact) mass is 494 g/mol. The van der Waals surface area contributed by atoms with Gasteiger partial charge in [0.25, 0.3) is 0 Å². The van der Waals surface area contributed by atoms with Crippen molar-refractivity contribution in [3.05, 3.63) is 35.4 Å². The van der Waals surface area contributed by atoms with E-state index >= 15 is 0 Å². The summed E-state index contributed by atoms with van der Waals surface area (Å²) in [5.41, 5.74) is 2.53. The number of sulfonamides is 1. The SMILES string of the molecule is CCNC(=NCC(C)c1ccc(C)cc1)NCCN1CCCS1(=O)=O.I. The molecule has 148 valence electrons. The summed E-state index contributed by atoms with van der Waals surface area (Å²) in [5, 5.41) is 6.45. The van der Waals surface area contributed by atoms with Gasteiger partial charge in [-0.05, 0) is 25.8 Å². The van der Waals surface area contributed by atoms with Crippen LogP contribution in [0, 0.1) is 6.92 Å². The second kappa shape index (κ2) is 11.1. The van der Waals surface area contributed by atoms with Crippen LogP contribution in [0.3, 0.4) is 0 Å². The molecule has 1 aromatic rings. The van der Waals surface area contributed by atoms with Gasteiger partial charge in [-0.25, -0.2) is 12.7 Å². The van der Waals surface area contributed by atoms with E-state index in [1.54, 1.807) is 4.31 Å². The Kier molecular flexibility index (Phi) is 9.88. The molecule has 0 amide bonds. The van der Waals surface area contributed by atoms with Gasteiger partial charge in [-0.2, -0.15) is 0 Å². The molecule has 1 fully saturated rings. The van der Waals surface area contributed by atoms with Crippen LogP contribution in [0.25, 0.3) is 0 Å². The minimum absolute atomic E-state index is 0. The molecule has 1 unspecified atom stereocenters. The van der Waals surface area contributed by atoms with Crippen LogP contribution in [0.15, 0.2) is 29.3 Å². The lowest BCUT2D eigenvalue weighted by molar-refractivity contribution is 0.445. The fourth-order valence-corrected chi connectivity index (χ4v) is 4.34. The van der Waals surface area contributed by atoms with Crippen LogP contribution in [-0.4, -0.2) is 57.2 Å². The van der Waals surface area contributed by atoms with Crippen molar-refractivity contribution in [2.75, 3.05) is 38.5 Å². The molecule has 1 aromatic carbocycles. The molecule has 8 heteroatoms. The maximum atomic E-state index is 11.8. The molecule has 0 aliphatic carbocycles. The Balaban J connectivity index is 0.00000338. The van der Waals surface area contributed by atoms with Crippen LogP contribution in [-0.2, 0) is 10.0 Å². The Morgan fingerprint density at radius 3 is 2.54 bits per heavy atom. The Labute approximate surface area is 174 Å². The summed E-state index contributed by atoms with van der Waals surface area (Å²) in [4.78, 5) is 4.64. The molecule has 2 rings (SSSR count). The summed E-state index contributed by atoms with van der Waals surface area (Å²) in [6, 6.07) is 8.53. The molecule has 6 nitrogen and oxygen atoms in total. The third-order valence-electron chi connectivity index (χ3n) is 4.37. The quantitative estimate of drug-likeness (QED) is 0.347. The zero-order chi connectivity index (χ0) is 18.3. The number of rotatable bonds is 7. The first kappa shape index (κ1) is 23.2. The second-order valence-electron chi connectivity index (χ2n) is 6.53. The molecular weight excluding hydrogens is 463 g/mol. The zero-order valence-electron chi connectivity index (χ0n) is 15.9. The van der Waals surface area contributed by atoms with Gasteiger partial charge in [-0.3, -0.25) is 4.99 Å². The molecule has 0 spiro atoms. The summed E-state index contributed by atoms with van der Waals surface area (Å²) >= 11 is 0. The molecule has 1 aliphatic rings. The number of benzene rings is 1. The number of nitrogens with zero attached hydrogens (tertiary/aromatic N) is 2. The number of hydrogen-bond donors (Lipinski definition) is 2. The zero-order valence-corrected chi connectivity index (χ0v) is 19.0. The number of guanidine groups is 1. The van der Waals surface area contributed by atoms with Crippen molar-refractivity contribution in [3.63, 3.8) is 0 Å². The topological polar surface area (TPSA) is 73.8 Å². The Morgan fingerprint density at radius 2 is 1.96 bits per heavy atom. The number of nitrogens with one attached hydrogen (secondary N) is 2. The summed E-state index contributed by atoms with van der Waals surface area (Å²) in [6.07, 6.45) is 0.727. The van der Waals surface area contributed by atoms with Gasteiger partial charge in [0.05, 0.1) is 5.75 Å². The van der Waals surface area contributed by atoms with Gasteiger partial charge in [0.15, 0.2) is 5.96 Å². The predicted molar refractivity (Wildman–Crippen MR) is 119 cm³/mol. The van der Waals surface area contributed by atoms with Gasteiger partial charge in [-0.1, -0.05) is 36.8 Å². The summed E-state index contributed by atoms with van der Waals surface area (Å²) in [5.74, 6) is 1.34. The van der Waals surface area contributed by atoms with Gasteiger partial charge in [-0.15, -0.1) is 24.0 Å². The summed E-state index contributed by atoms with van der Waals surface area (Å²) < 4.78 is 25.2. The van der Waals surface area contributed by atoms with E-state index in [4.69, 9.17) is 0 Å². The molecule has 0 aromatic heterocycles. The van der Waals surface area contributed by atoms with Crippen molar-refractivity contribution in [3.8, 4) is 0 Å². The second-order valence-corrected chi connectivity index (χ2v) is 8.62. The maximum Gasteiger partial charge on any atom is 0.214 e. The molecule has 0 radical (unpaired) electrons. The van der Waals surface area contributed by atoms with Gasteiger partial charge in [0.1, 0.15) is 0 Å². The molecular formula is C18H31IN4O2S. The fourth-order valence-electron chi connectivity index (χ4n) is 2.81. The van der Waals surface area contributed by atoms with Crippen LogP contribution in [0.4, 0.5) is 0 Å². The molecule has 0 saturated carbocycles. The summed E-state index contributed by atoms with van der Waals surface area (Å²) in [7, 11) is -3.03. The lowest BCUT2D eigenvalue weighted by Gasteiger charge is -2.17. The van der Waals surface area contributed by atoms with E-state index in [2.05, 4.69) is 53.7 Å². The number of halogens is 1. The minimum Gasteiger partial charge on any atom is -0.357 e. The highest BCUT2D eigenvalue weighted by molar-refractivity contribution is 14.0. The van der Waals surface area contributed by atoms with Crippen LogP contribution in [0.5, 0.6) is 0 Å². The van der Waals surface area contributed by atoms with Crippen LogP contribution >= 0.6 is 24.0 Å². The van der Waals surface area contributed by atoms with Crippen molar-refractivity contribution >= 4 is 40.0 Å². The van der Waals surface area contributed by atoms with Crippen molar-refractivity contribution in [2.24, 2.45) is 4.99 Å². The molecule has 2 N–H and O–H groups in total. The van der Waals surface area contributed by atoms with Gasteiger partial charge >= 0.3 is 0 Å². The summed E-state index contributed by atoms with van der Waals surface area (Å²) in [6.45, 7) is 9.39. The Hall–Kier alpha value is -0.870. The molecule has 1 aliphatic heterocycles. The number of aryl methyl sites for hydroxylation is 1. The first-order chi connectivity index (χ1) is 11.9. The lowest BCUT2D eigenvalue weighted by Crippen LogP contribution is -2.42. The van der Waals surface area contributed by atoms with E-state index in [1.807, 2.05) is 6.92 Å². The van der Waals surface area contributed by atoms with Crippen molar-refractivity contribution in [1.82, 2.24) is 14.9 Å². The molecule has 1 heterocycles. The molecule has 0 bridgehead atoms. The third kappa shape index (κ3) is 7.03. The highest BCUT2D eigenvalue weighted by atomic mass is 127. The van der Waals surface area contributed by atoms with Crippen LogP contribution in [0.1, 0.15) is 37.3 Å². The molecule has 1 saturated heterocycles.